The molecule has 1 atom stereocenters. The minimum absolute atomic E-state index is 0.171. The number of fused-ring (bicyclic) bond motifs is 1. The Balaban J connectivity index is 1.87. The van der Waals surface area contributed by atoms with Gasteiger partial charge in [0.2, 0.25) is 0 Å². The summed E-state index contributed by atoms with van der Waals surface area (Å²) in [5.74, 6) is 0. The van der Waals surface area contributed by atoms with Crippen LogP contribution in [0.15, 0.2) is 28.7 Å². The first-order valence-corrected chi connectivity index (χ1v) is 7.84. The van der Waals surface area contributed by atoms with Crippen LogP contribution in [0, 0.1) is 0 Å². The summed E-state index contributed by atoms with van der Waals surface area (Å²) >= 11 is 3.46. The summed E-state index contributed by atoms with van der Waals surface area (Å²) in [6.07, 6.45) is 0. The standard InChI is InChI=1S/C15H20BrN3O/c1-15(2,11-3-5-12(16)6-4-11)19-10-13-9-17-7-8-18(13)14(19)20/h3-6,13,17H,7-10H2,1-2H3. The van der Waals surface area contributed by atoms with E-state index in [0.717, 1.165) is 30.7 Å². The molecule has 108 valence electrons. The molecule has 2 heterocycles. The van der Waals surface area contributed by atoms with Gasteiger partial charge in [0.15, 0.2) is 0 Å². The van der Waals surface area contributed by atoms with E-state index in [4.69, 9.17) is 0 Å². The molecule has 0 saturated carbocycles. The molecule has 5 heteroatoms. The molecule has 2 saturated heterocycles. The van der Waals surface area contributed by atoms with Gasteiger partial charge in [0.05, 0.1) is 11.6 Å². The van der Waals surface area contributed by atoms with Gasteiger partial charge < -0.3 is 15.1 Å². The highest BCUT2D eigenvalue weighted by atomic mass is 79.9. The number of nitrogens with zero attached hydrogens (tertiary/aromatic N) is 2. The Morgan fingerprint density at radius 2 is 2.00 bits per heavy atom. The summed E-state index contributed by atoms with van der Waals surface area (Å²) in [5, 5.41) is 3.37. The Morgan fingerprint density at radius 3 is 2.65 bits per heavy atom. The number of carbonyl (C=O) groups is 1. The monoisotopic (exact) mass is 337 g/mol. The highest BCUT2D eigenvalue weighted by Gasteiger charge is 2.45. The average molecular weight is 338 g/mol. The Morgan fingerprint density at radius 1 is 1.30 bits per heavy atom. The number of hydrogen-bond acceptors (Lipinski definition) is 2. The van der Waals surface area contributed by atoms with E-state index >= 15 is 0 Å². The second kappa shape index (κ2) is 5.04. The van der Waals surface area contributed by atoms with Crippen LogP contribution < -0.4 is 5.32 Å². The van der Waals surface area contributed by atoms with Crippen LogP contribution >= 0.6 is 15.9 Å². The van der Waals surface area contributed by atoms with Gasteiger partial charge in [0, 0.05) is 30.7 Å². The zero-order valence-corrected chi connectivity index (χ0v) is 13.5. The molecule has 2 fully saturated rings. The van der Waals surface area contributed by atoms with Gasteiger partial charge in [-0.2, -0.15) is 0 Å². The smallest absolute Gasteiger partial charge is 0.317 e. The summed E-state index contributed by atoms with van der Waals surface area (Å²) in [6.45, 7) is 7.67. The van der Waals surface area contributed by atoms with Crippen LogP contribution in [-0.2, 0) is 5.54 Å². The fraction of sp³-hybridized carbons (Fsp3) is 0.533. The van der Waals surface area contributed by atoms with Gasteiger partial charge in [-0.15, -0.1) is 0 Å². The SMILES string of the molecule is CC(C)(c1ccc(Br)cc1)N1CC2CNCCN2C1=O. The van der Waals surface area contributed by atoms with Crippen molar-refractivity contribution >= 4 is 22.0 Å². The minimum Gasteiger partial charge on any atom is -0.317 e. The van der Waals surface area contributed by atoms with Crippen molar-refractivity contribution in [2.75, 3.05) is 26.2 Å². The van der Waals surface area contributed by atoms with Crippen LogP contribution in [0.4, 0.5) is 4.79 Å². The number of hydrogen-bond donors (Lipinski definition) is 1. The van der Waals surface area contributed by atoms with Gasteiger partial charge in [0.1, 0.15) is 0 Å². The Labute approximate surface area is 128 Å². The average Bonchev–Trinajstić information content (AvgIpc) is 2.78. The highest BCUT2D eigenvalue weighted by Crippen LogP contribution is 2.33. The molecule has 2 aliphatic rings. The summed E-state index contributed by atoms with van der Waals surface area (Å²) in [6, 6.07) is 8.73. The first-order chi connectivity index (χ1) is 9.50. The maximum atomic E-state index is 12.6. The van der Waals surface area contributed by atoms with Gasteiger partial charge in [-0.05, 0) is 31.5 Å². The van der Waals surface area contributed by atoms with Gasteiger partial charge in [0.25, 0.3) is 0 Å². The van der Waals surface area contributed by atoms with Crippen LogP contribution in [0.25, 0.3) is 0 Å². The van der Waals surface area contributed by atoms with Crippen LogP contribution in [0.1, 0.15) is 19.4 Å². The molecule has 0 radical (unpaired) electrons. The second-order valence-electron chi connectivity index (χ2n) is 6.01. The number of amides is 2. The van der Waals surface area contributed by atoms with E-state index in [-0.39, 0.29) is 11.6 Å². The van der Waals surface area contributed by atoms with Crippen molar-refractivity contribution in [1.82, 2.24) is 15.1 Å². The van der Waals surface area contributed by atoms with E-state index < -0.39 is 0 Å². The molecule has 0 bridgehead atoms. The predicted molar refractivity (Wildman–Crippen MR) is 82.6 cm³/mol. The second-order valence-corrected chi connectivity index (χ2v) is 6.93. The Hall–Kier alpha value is -1.07. The lowest BCUT2D eigenvalue weighted by Gasteiger charge is -2.35. The number of carbonyl (C=O) groups excluding carboxylic acids is 1. The molecule has 0 spiro atoms. The molecular weight excluding hydrogens is 318 g/mol. The summed E-state index contributed by atoms with van der Waals surface area (Å²) in [5.41, 5.74) is 0.886. The number of piperazine rings is 1. The lowest BCUT2D eigenvalue weighted by molar-refractivity contribution is 0.145. The minimum atomic E-state index is -0.283. The van der Waals surface area contributed by atoms with Crippen molar-refractivity contribution in [3.8, 4) is 0 Å². The largest absolute Gasteiger partial charge is 0.321 e. The maximum absolute atomic E-state index is 12.6. The molecule has 0 aliphatic carbocycles. The van der Waals surface area contributed by atoms with Crippen molar-refractivity contribution in [3.05, 3.63) is 34.3 Å². The Bertz CT molecular complexity index is 514. The Kier molecular flexibility index (Phi) is 3.50. The van der Waals surface area contributed by atoms with E-state index in [0.29, 0.717) is 6.04 Å². The number of rotatable bonds is 2. The molecule has 1 N–H and O–H groups in total. The first kappa shape index (κ1) is 13.9. The predicted octanol–water partition coefficient (Wildman–Crippen LogP) is 2.39. The number of halogens is 1. The summed E-state index contributed by atoms with van der Waals surface area (Å²) in [4.78, 5) is 16.7. The summed E-state index contributed by atoms with van der Waals surface area (Å²) < 4.78 is 1.06. The van der Waals surface area contributed by atoms with Crippen molar-refractivity contribution < 1.29 is 4.79 Å². The fourth-order valence-corrected chi connectivity index (χ4v) is 3.37. The topological polar surface area (TPSA) is 35.6 Å². The van der Waals surface area contributed by atoms with E-state index in [1.165, 1.54) is 5.56 Å². The van der Waals surface area contributed by atoms with Crippen LogP contribution in [0.2, 0.25) is 0 Å². The molecule has 1 unspecified atom stereocenters. The molecule has 1 aromatic rings. The molecule has 2 amide bonds. The molecule has 20 heavy (non-hydrogen) atoms. The van der Waals surface area contributed by atoms with Crippen molar-refractivity contribution in [2.45, 2.75) is 25.4 Å². The zero-order valence-electron chi connectivity index (χ0n) is 11.9. The van der Waals surface area contributed by atoms with Gasteiger partial charge >= 0.3 is 6.03 Å². The van der Waals surface area contributed by atoms with E-state index in [1.807, 2.05) is 21.9 Å². The quantitative estimate of drug-likeness (QED) is 0.899. The van der Waals surface area contributed by atoms with Crippen LogP contribution in [-0.4, -0.2) is 48.1 Å². The molecule has 1 aromatic carbocycles. The number of benzene rings is 1. The molecule has 4 nitrogen and oxygen atoms in total. The lowest BCUT2D eigenvalue weighted by Crippen LogP contribution is -2.50. The molecule has 3 rings (SSSR count). The van der Waals surface area contributed by atoms with Gasteiger partial charge in [-0.3, -0.25) is 0 Å². The third-order valence-corrected chi connectivity index (χ3v) is 4.97. The van der Waals surface area contributed by atoms with E-state index in [2.05, 4.69) is 47.2 Å². The van der Waals surface area contributed by atoms with Gasteiger partial charge in [-0.25, -0.2) is 4.79 Å². The molecule has 2 aliphatic heterocycles. The number of nitrogens with one attached hydrogen (secondary N) is 1. The normalized spacial score (nSPS) is 23.1. The van der Waals surface area contributed by atoms with Crippen LogP contribution in [0.5, 0.6) is 0 Å². The fourth-order valence-electron chi connectivity index (χ4n) is 3.10. The molecule has 0 aromatic heterocycles. The third kappa shape index (κ3) is 2.23. The first-order valence-electron chi connectivity index (χ1n) is 7.05. The van der Waals surface area contributed by atoms with Crippen molar-refractivity contribution in [2.24, 2.45) is 0 Å². The van der Waals surface area contributed by atoms with Crippen LogP contribution in [0.3, 0.4) is 0 Å². The van der Waals surface area contributed by atoms with E-state index in [9.17, 15) is 4.79 Å². The van der Waals surface area contributed by atoms with Gasteiger partial charge in [-0.1, -0.05) is 28.1 Å². The molecular formula is C15H20BrN3O. The van der Waals surface area contributed by atoms with E-state index in [1.54, 1.807) is 0 Å². The van der Waals surface area contributed by atoms with Crippen molar-refractivity contribution in [1.29, 1.82) is 0 Å². The highest BCUT2D eigenvalue weighted by molar-refractivity contribution is 9.10. The summed E-state index contributed by atoms with van der Waals surface area (Å²) in [7, 11) is 0. The maximum Gasteiger partial charge on any atom is 0.321 e. The van der Waals surface area contributed by atoms with Crippen molar-refractivity contribution in [3.63, 3.8) is 0 Å². The lowest BCUT2D eigenvalue weighted by atomic mass is 9.92. The third-order valence-electron chi connectivity index (χ3n) is 4.45. The zero-order chi connectivity index (χ0) is 14.3. The number of urea groups is 1.